The highest BCUT2D eigenvalue weighted by Gasteiger charge is 2.67. The molecule has 1 N–H and O–H groups in total. The minimum Gasteiger partial charge on any atom is -0.444 e. The lowest BCUT2D eigenvalue weighted by Gasteiger charge is -2.36. The Bertz CT molecular complexity index is 382. The normalized spacial score (nSPS) is 29.1. The van der Waals surface area contributed by atoms with Crippen LogP contribution in [0.25, 0.3) is 0 Å². The van der Waals surface area contributed by atoms with Crippen LogP contribution in [-0.4, -0.2) is 42.3 Å². The summed E-state index contributed by atoms with van der Waals surface area (Å²) >= 11 is 0. The van der Waals surface area contributed by atoms with Crippen molar-refractivity contribution in [1.82, 2.24) is 10.2 Å². The van der Waals surface area contributed by atoms with E-state index in [2.05, 4.69) is 33.0 Å². The smallest absolute Gasteiger partial charge is 0.410 e. The van der Waals surface area contributed by atoms with Gasteiger partial charge in [0.1, 0.15) is 5.60 Å². The van der Waals surface area contributed by atoms with Gasteiger partial charge in [-0.05, 0) is 37.5 Å². The van der Waals surface area contributed by atoms with Gasteiger partial charge in [-0.25, -0.2) is 4.79 Å². The van der Waals surface area contributed by atoms with Gasteiger partial charge < -0.3 is 15.0 Å². The van der Waals surface area contributed by atoms with Crippen molar-refractivity contribution in [2.75, 3.05) is 19.6 Å². The molecule has 0 radical (unpaired) electrons. The van der Waals surface area contributed by atoms with Gasteiger partial charge in [0, 0.05) is 25.7 Å². The molecule has 1 heterocycles. The monoisotopic (exact) mass is 282 g/mol. The third-order valence-electron chi connectivity index (χ3n) is 5.39. The largest absolute Gasteiger partial charge is 0.444 e. The Morgan fingerprint density at radius 3 is 2.20 bits per heavy atom. The van der Waals surface area contributed by atoms with Crippen LogP contribution < -0.4 is 5.32 Å². The zero-order chi connectivity index (χ0) is 15.3. The molecule has 2 rings (SSSR count). The summed E-state index contributed by atoms with van der Waals surface area (Å²) in [5.74, 6) is 0.611. The number of amides is 1. The number of carbonyl (C=O) groups excluding carboxylic acids is 1. The van der Waals surface area contributed by atoms with Gasteiger partial charge in [0.2, 0.25) is 0 Å². The highest BCUT2D eigenvalue weighted by atomic mass is 16.6. The third kappa shape index (κ3) is 2.67. The average Bonchev–Trinajstić information content (AvgIpc) is 2.67. The summed E-state index contributed by atoms with van der Waals surface area (Å²) in [6.07, 6.45) is -0.180. The fourth-order valence-electron chi connectivity index (χ4n) is 3.75. The molecule has 1 saturated carbocycles. The molecule has 0 aromatic rings. The van der Waals surface area contributed by atoms with E-state index in [-0.39, 0.29) is 6.09 Å². The van der Waals surface area contributed by atoms with Crippen LogP contribution in [0, 0.1) is 16.7 Å². The van der Waals surface area contributed by atoms with Crippen molar-refractivity contribution in [2.45, 2.75) is 60.1 Å². The highest BCUT2D eigenvalue weighted by molar-refractivity contribution is 5.68. The molecule has 2 aliphatic rings. The number of rotatable bonds is 1. The van der Waals surface area contributed by atoms with Crippen LogP contribution in [0.2, 0.25) is 0 Å². The molecule has 1 amide bonds. The summed E-state index contributed by atoms with van der Waals surface area (Å²) in [5, 5.41) is 3.59. The molecule has 0 aromatic carbocycles. The standard InChI is InChI=1S/C16H30N2O2/c1-14(2,3)20-13(19)18-9-8-17-11(10-18)12-15(4,5)16(12,6)7/h11-12,17H,8-10H2,1-7H3. The van der Waals surface area contributed by atoms with E-state index in [1.807, 2.05) is 25.7 Å². The molecule has 2 fully saturated rings. The van der Waals surface area contributed by atoms with Crippen LogP contribution in [0.15, 0.2) is 0 Å². The lowest BCUT2D eigenvalue weighted by Crippen LogP contribution is -2.55. The lowest BCUT2D eigenvalue weighted by molar-refractivity contribution is 0.0180. The molecule has 1 atom stereocenters. The number of piperazine rings is 1. The minimum absolute atomic E-state index is 0.180. The molecule has 1 aliphatic heterocycles. The van der Waals surface area contributed by atoms with Crippen molar-refractivity contribution in [3.63, 3.8) is 0 Å². The Labute approximate surface area is 123 Å². The van der Waals surface area contributed by atoms with E-state index < -0.39 is 5.60 Å². The molecule has 116 valence electrons. The SMILES string of the molecule is CC(C)(C)OC(=O)N1CCNC(C2C(C)(C)C2(C)C)C1. The number of nitrogens with one attached hydrogen (secondary N) is 1. The van der Waals surface area contributed by atoms with Crippen molar-refractivity contribution in [3.8, 4) is 0 Å². The fraction of sp³-hybridized carbons (Fsp3) is 0.938. The van der Waals surface area contributed by atoms with Gasteiger partial charge in [0.25, 0.3) is 0 Å². The molecule has 0 spiro atoms. The van der Waals surface area contributed by atoms with Crippen molar-refractivity contribution in [1.29, 1.82) is 0 Å². The van der Waals surface area contributed by atoms with E-state index in [1.54, 1.807) is 0 Å². The number of ether oxygens (including phenoxy) is 1. The van der Waals surface area contributed by atoms with Crippen LogP contribution in [0.3, 0.4) is 0 Å². The first-order valence-electron chi connectivity index (χ1n) is 7.68. The second-order valence-corrected chi connectivity index (χ2v) is 8.41. The molecule has 20 heavy (non-hydrogen) atoms. The molecule has 1 saturated heterocycles. The fourth-order valence-corrected chi connectivity index (χ4v) is 3.75. The summed E-state index contributed by atoms with van der Waals surface area (Å²) in [6, 6.07) is 0.376. The first-order chi connectivity index (χ1) is 8.97. The summed E-state index contributed by atoms with van der Waals surface area (Å²) in [5.41, 5.74) is 0.249. The van der Waals surface area contributed by atoms with E-state index >= 15 is 0 Å². The molecule has 1 aliphatic carbocycles. The zero-order valence-corrected chi connectivity index (χ0v) is 14.0. The molecular weight excluding hydrogens is 252 g/mol. The lowest BCUT2D eigenvalue weighted by atomic mass is 10.0. The van der Waals surface area contributed by atoms with Crippen LogP contribution in [0.4, 0.5) is 4.79 Å². The van der Waals surface area contributed by atoms with Gasteiger partial charge in [-0.15, -0.1) is 0 Å². The average molecular weight is 282 g/mol. The van der Waals surface area contributed by atoms with E-state index in [9.17, 15) is 4.79 Å². The number of hydrogen-bond donors (Lipinski definition) is 1. The second-order valence-electron chi connectivity index (χ2n) is 8.41. The topological polar surface area (TPSA) is 41.6 Å². The number of nitrogens with zero attached hydrogens (tertiary/aromatic N) is 1. The van der Waals surface area contributed by atoms with Crippen molar-refractivity contribution >= 4 is 6.09 Å². The van der Waals surface area contributed by atoms with Gasteiger partial charge in [-0.1, -0.05) is 27.7 Å². The van der Waals surface area contributed by atoms with Gasteiger partial charge in [-0.3, -0.25) is 0 Å². The maximum atomic E-state index is 12.2. The van der Waals surface area contributed by atoms with Crippen molar-refractivity contribution in [2.24, 2.45) is 16.7 Å². The Balaban J connectivity index is 1.98. The predicted molar refractivity (Wildman–Crippen MR) is 80.6 cm³/mol. The van der Waals surface area contributed by atoms with Crippen LogP contribution in [0.5, 0.6) is 0 Å². The van der Waals surface area contributed by atoms with Gasteiger partial charge in [-0.2, -0.15) is 0 Å². The Morgan fingerprint density at radius 2 is 1.75 bits per heavy atom. The third-order valence-corrected chi connectivity index (χ3v) is 5.39. The van der Waals surface area contributed by atoms with Gasteiger partial charge >= 0.3 is 6.09 Å². The zero-order valence-electron chi connectivity index (χ0n) is 14.0. The Kier molecular flexibility index (Phi) is 3.61. The first-order valence-corrected chi connectivity index (χ1v) is 7.68. The quantitative estimate of drug-likeness (QED) is 0.804. The van der Waals surface area contributed by atoms with Crippen LogP contribution in [0.1, 0.15) is 48.5 Å². The molecule has 1 unspecified atom stereocenters. The maximum absolute atomic E-state index is 12.2. The highest BCUT2D eigenvalue weighted by Crippen LogP contribution is 2.69. The Morgan fingerprint density at radius 1 is 1.20 bits per heavy atom. The van der Waals surface area contributed by atoms with E-state index in [4.69, 9.17) is 4.74 Å². The first kappa shape index (κ1) is 15.6. The van der Waals surface area contributed by atoms with E-state index in [1.165, 1.54) is 0 Å². The van der Waals surface area contributed by atoms with Crippen LogP contribution in [-0.2, 0) is 4.74 Å². The van der Waals surface area contributed by atoms with Crippen molar-refractivity contribution in [3.05, 3.63) is 0 Å². The number of hydrogen-bond acceptors (Lipinski definition) is 3. The molecule has 0 aromatic heterocycles. The summed E-state index contributed by atoms with van der Waals surface area (Å²) < 4.78 is 5.49. The molecule has 4 nitrogen and oxygen atoms in total. The minimum atomic E-state index is -0.421. The summed E-state index contributed by atoms with van der Waals surface area (Å²) in [7, 11) is 0. The second kappa shape index (κ2) is 4.62. The van der Waals surface area contributed by atoms with Gasteiger partial charge in [0.15, 0.2) is 0 Å². The predicted octanol–water partition coefficient (Wildman–Crippen LogP) is 2.88. The molecule has 4 heteroatoms. The summed E-state index contributed by atoms with van der Waals surface area (Å²) in [6.45, 7) is 17.4. The Hall–Kier alpha value is -0.770. The molecule has 0 bridgehead atoms. The van der Waals surface area contributed by atoms with Crippen molar-refractivity contribution < 1.29 is 9.53 Å². The number of carbonyl (C=O) groups is 1. The van der Waals surface area contributed by atoms with Crippen LogP contribution >= 0.6 is 0 Å². The summed E-state index contributed by atoms with van der Waals surface area (Å²) in [4.78, 5) is 14.1. The van der Waals surface area contributed by atoms with Gasteiger partial charge in [0.05, 0.1) is 0 Å². The van der Waals surface area contributed by atoms with E-state index in [0.29, 0.717) is 22.8 Å². The maximum Gasteiger partial charge on any atom is 0.410 e. The van der Waals surface area contributed by atoms with E-state index in [0.717, 1.165) is 19.6 Å². The molecular formula is C16H30N2O2.